The first-order valence-corrected chi connectivity index (χ1v) is 8.48. The molecule has 122 valence electrons. The molecule has 0 aliphatic rings. The lowest BCUT2D eigenvalue weighted by atomic mass is 10.2. The Morgan fingerprint density at radius 3 is 1.80 bits per heavy atom. The van der Waals surface area contributed by atoms with E-state index in [-0.39, 0.29) is 18.8 Å². The van der Waals surface area contributed by atoms with Gasteiger partial charge < -0.3 is 19.8 Å². The van der Waals surface area contributed by atoms with Gasteiger partial charge in [-0.05, 0) is 13.8 Å². The summed E-state index contributed by atoms with van der Waals surface area (Å²) < 4.78 is 30.7. The average Bonchev–Trinajstić information content (AvgIpc) is 2.22. The largest absolute Gasteiger partial charge is 0.396 e. The van der Waals surface area contributed by atoms with Gasteiger partial charge >= 0.3 is 0 Å². The second kappa shape index (κ2) is 8.91. The van der Waals surface area contributed by atoms with E-state index in [1.54, 1.807) is 13.8 Å². The smallest absolute Gasteiger partial charge is 0.265 e. The number of nitrogens with zero attached hydrogens (tertiary/aromatic N) is 1. The highest BCUT2D eigenvalue weighted by molar-refractivity contribution is 7.85. The number of quaternary nitrogens is 1. The highest BCUT2D eigenvalue weighted by Gasteiger charge is 2.30. The number of rotatable bonds is 11. The molecule has 20 heavy (non-hydrogen) atoms. The summed E-state index contributed by atoms with van der Waals surface area (Å²) >= 11 is 0. The van der Waals surface area contributed by atoms with Crippen molar-refractivity contribution < 1.29 is 32.8 Å². The van der Waals surface area contributed by atoms with Crippen LogP contribution in [-0.2, 0) is 10.1 Å². The zero-order chi connectivity index (χ0) is 15.8. The van der Waals surface area contributed by atoms with Crippen LogP contribution in [0.2, 0.25) is 0 Å². The Hall–Kier alpha value is -0.250. The van der Waals surface area contributed by atoms with Crippen molar-refractivity contribution in [2.24, 2.45) is 0 Å². The molecular weight excluding hydrogens is 286 g/mol. The number of hydrogen-bond donors (Lipinski definition) is 4. The topological polar surface area (TPSA) is 115 Å². The molecule has 0 saturated carbocycles. The third kappa shape index (κ3) is 9.62. The minimum absolute atomic E-state index is 0.00207. The van der Waals surface area contributed by atoms with Crippen LogP contribution in [0.4, 0.5) is 0 Å². The summed E-state index contributed by atoms with van der Waals surface area (Å²) in [5, 5.41) is 28.2. The Balaban J connectivity index is 4.84. The summed E-state index contributed by atoms with van der Waals surface area (Å²) in [5.74, 6) is -0.342. The summed E-state index contributed by atoms with van der Waals surface area (Å²) in [6.07, 6.45) is -0.453. The van der Waals surface area contributed by atoms with E-state index in [1.807, 2.05) is 0 Å². The lowest BCUT2D eigenvalue weighted by Crippen LogP contribution is -2.56. The van der Waals surface area contributed by atoms with Gasteiger partial charge in [-0.3, -0.25) is 4.55 Å². The van der Waals surface area contributed by atoms with E-state index in [9.17, 15) is 18.6 Å². The summed E-state index contributed by atoms with van der Waals surface area (Å²) in [7, 11) is -4.01. The van der Waals surface area contributed by atoms with Gasteiger partial charge in [-0.2, -0.15) is 8.42 Å². The quantitative estimate of drug-likeness (QED) is 0.294. The molecule has 0 aromatic heterocycles. The highest BCUT2D eigenvalue weighted by atomic mass is 32.2. The maximum Gasteiger partial charge on any atom is 0.265 e. The third-order valence-corrected chi connectivity index (χ3v) is 3.93. The van der Waals surface area contributed by atoms with Crippen LogP contribution in [0.25, 0.3) is 0 Å². The fourth-order valence-corrected chi connectivity index (χ4v) is 3.15. The van der Waals surface area contributed by atoms with Crippen LogP contribution < -0.4 is 0 Å². The molecule has 0 saturated heterocycles. The van der Waals surface area contributed by atoms with E-state index in [0.29, 0.717) is 37.1 Å². The Morgan fingerprint density at radius 2 is 1.45 bits per heavy atom. The standard InChI is InChI=1S/C12H27NO6S/c1-11(15)9-13(5-3-7-14,10-12(2)16)6-4-8-20(17,18)19/h11-12,14-16H,3-10H2,1-2H3/p+1. The Kier molecular flexibility index (Phi) is 8.80. The maximum absolute atomic E-state index is 10.8. The lowest BCUT2D eigenvalue weighted by molar-refractivity contribution is -0.933. The van der Waals surface area contributed by atoms with Gasteiger partial charge in [0.15, 0.2) is 0 Å². The molecule has 0 spiro atoms. The monoisotopic (exact) mass is 314 g/mol. The molecule has 0 fully saturated rings. The van der Waals surface area contributed by atoms with Crippen molar-refractivity contribution in [1.29, 1.82) is 0 Å². The van der Waals surface area contributed by atoms with Gasteiger partial charge in [0.05, 0.1) is 18.8 Å². The molecule has 4 N–H and O–H groups in total. The van der Waals surface area contributed by atoms with Gasteiger partial charge in [-0.15, -0.1) is 0 Å². The van der Waals surface area contributed by atoms with E-state index in [4.69, 9.17) is 9.66 Å². The van der Waals surface area contributed by atoms with Crippen molar-refractivity contribution in [1.82, 2.24) is 0 Å². The zero-order valence-corrected chi connectivity index (χ0v) is 13.1. The van der Waals surface area contributed by atoms with E-state index in [0.717, 1.165) is 0 Å². The van der Waals surface area contributed by atoms with Gasteiger partial charge in [0, 0.05) is 19.4 Å². The molecular formula is C12H28NO6S+. The predicted molar refractivity (Wildman–Crippen MR) is 75.8 cm³/mol. The van der Waals surface area contributed by atoms with Gasteiger partial charge in [-0.1, -0.05) is 0 Å². The van der Waals surface area contributed by atoms with Crippen LogP contribution in [-0.4, -0.2) is 83.5 Å². The summed E-state index contributed by atoms with van der Waals surface area (Å²) in [6, 6.07) is 0. The molecule has 0 aliphatic carbocycles. The molecule has 2 atom stereocenters. The van der Waals surface area contributed by atoms with E-state index < -0.39 is 22.3 Å². The van der Waals surface area contributed by atoms with E-state index in [2.05, 4.69) is 0 Å². The molecule has 8 heteroatoms. The molecule has 0 aromatic rings. The highest BCUT2D eigenvalue weighted by Crippen LogP contribution is 2.14. The second-order valence-electron chi connectivity index (χ2n) is 5.57. The summed E-state index contributed by atoms with van der Waals surface area (Å²) in [5.41, 5.74) is 0. The molecule has 0 radical (unpaired) electrons. The second-order valence-corrected chi connectivity index (χ2v) is 7.14. The number of aliphatic hydroxyl groups excluding tert-OH is 3. The lowest BCUT2D eigenvalue weighted by Gasteiger charge is -2.40. The van der Waals surface area contributed by atoms with Gasteiger partial charge in [0.25, 0.3) is 10.1 Å². The molecule has 0 amide bonds. The molecule has 7 nitrogen and oxygen atoms in total. The van der Waals surface area contributed by atoms with Crippen molar-refractivity contribution >= 4 is 10.1 Å². The molecule has 0 aliphatic heterocycles. The van der Waals surface area contributed by atoms with Gasteiger partial charge in [-0.25, -0.2) is 0 Å². The first-order valence-electron chi connectivity index (χ1n) is 6.87. The summed E-state index contributed by atoms with van der Waals surface area (Å²) in [4.78, 5) is 0. The van der Waals surface area contributed by atoms with Crippen LogP contribution in [0.15, 0.2) is 0 Å². The van der Waals surface area contributed by atoms with Crippen LogP contribution in [0, 0.1) is 0 Å². The molecule has 0 aromatic carbocycles. The average molecular weight is 314 g/mol. The Morgan fingerprint density at radius 1 is 1.00 bits per heavy atom. The van der Waals surface area contributed by atoms with Crippen LogP contribution in [0.3, 0.4) is 0 Å². The van der Waals surface area contributed by atoms with Crippen LogP contribution >= 0.6 is 0 Å². The number of aliphatic hydroxyl groups is 3. The maximum atomic E-state index is 10.8. The normalized spacial score (nSPS) is 18.5. The van der Waals surface area contributed by atoms with Crippen LogP contribution in [0.5, 0.6) is 0 Å². The van der Waals surface area contributed by atoms with E-state index in [1.165, 1.54) is 0 Å². The Labute approximate surface area is 121 Å². The summed E-state index contributed by atoms with van der Waals surface area (Å²) in [6.45, 7) is 4.96. The first-order chi connectivity index (χ1) is 9.10. The predicted octanol–water partition coefficient (Wildman–Crippen LogP) is -0.775. The minimum atomic E-state index is -4.01. The van der Waals surface area contributed by atoms with Gasteiger partial charge in [0.2, 0.25) is 0 Å². The number of hydrogen-bond acceptors (Lipinski definition) is 5. The van der Waals surface area contributed by atoms with Gasteiger partial charge in [0.1, 0.15) is 25.3 Å². The fraction of sp³-hybridized carbons (Fsp3) is 1.00. The Bertz CT molecular complexity index is 345. The molecule has 0 rings (SSSR count). The zero-order valence-electron chi connectivity index (χ0n) is 12.3. The fourth-order valence-electron chi connectivity index (χ4n) is 2.66. The van der Waals surface area contributed by atoms with Crippen molar-refractivity contribution in [2.45, 2.75) is 38.9 Å². The first kappa shape index (κ1) is 19.8. The SMILES string of the molecule is CC(O)C[N+](CCCO)(CCCS(=O)(=O)O)CC(C)O. The third-order valence-electron chi connectivity index (χ3n) is 3.13. The van der Waals surface area contributed by atoms with Crippen molar-refractivity contribution in [3.05, 3.63) is 0 Å². The molecule has 2 unspecified atom stereocenters. The van der Waals surface area contributed by atoms with Crippen LogP contribution in [0.1, 0.15) is 26.7 Å². The van der Waals surface area contributed by atoms with Crippen molar-refractivity contribution in [3.63, 3.8) is 0 Å². The van der Waals surface area contributed by atoms with Crippen molar-refractivity contribution in [3.8, 4) is 0 Å². The van der Waals surface area contributed by atoms with E-state index >= 15 is 0 Å². The molecule has 0 bridgehead atoms. The molecule has 0 heterocycles. The minimum Gasteiger partial charge on any atom is -0.396 e. The van der Waals surface area contributed by atoms with Crippen molar-refractivity contribution in [2.75, 3.05) is 38.5 Å².